The Morgan fingerprint density at radius 1 is 0.926 bits per heavy atom. The molecule has 3 aliphatic rings. The zero-order valence-corrected chi connectivity index (χ0v) is 16.1. The van der Waals surface area contributed by atoms with Gasteiger partial charge in [0.05, 0.1) is 10.9 Å². The summed E-state index contributed by atoms with van der Waals surface area (Å²) in [6.07, 6.45) is 3.24. The molecule has 0 N–H and O–H groups in total. The maximum Gasteiger partial charge on any atom is 0.267 e. The van der Waals surface area contributed by atoms with Crippen molar-refractivity contribution in [2.24, 2.45) is 23.7 Å². The first kappa shape index (κ1) is 17.0. The van der Waals surface area contributed by atoms with E-state index in [1.54, 1.807) is 24.3 Å². The molecule has 0 radical (unpaired) electrons. The van der Waals surface area contributed by atoms with Gasteiger partial charge in [-0.05, 0) is 61.6 Å². The molecule has 1 amide bonds. The number of rotatable bonds is 3. The zero-order valence-electron chi connectivity index (χ0n) is 15.3. The van der Waals surface area contributed by atoms with Crippen LogP contribution in [0.25, 0.3) is 0 Å². The van der Waals surface area contributed by atoms with Crippen LogP contribution in [0.1, 0.15) is 36.4 Å². The number of benzene rings is 2. The minimum Gasteiger partial charge on any atom is -0.273 e. The summed E-state index contributed by atoms with van der Waals surface area (Å²) < 4.78 is 28.2. The largest absolute Gasteiger partial charge is 0.273 e. The SMILES string of the molecule is Cc1ccc(S(=O)(=O)N2C(=O)[C@H]3[C@@H]4CC[C@@H](C4)[C@H]3[C@@H]2c2ccccc2)cc1. The topological polar surface area (TPSA) is 54.5 Å². The second kappa shape index (κ2) is 5.93. The van der Waals surface area contributed by atoms with Crippen molar-refractivity contribution in [3.8, 4) is 0 Å². The molecule has 1 aliphatic heterocycles. The predicted molar refractivity (Wildman–Crippen MR) is 102 cm³/mol. The third-order valence-corrected chi connectivity index (χ3v) is 8.61. The first-order chi connectivity index (χ1) is 13.0. The summed E-state index contributed by atoms with van der Waals surface area (Å²) >= 11 is 0. The van der Waals surface area contributed by atoms with Gasteiger partial charge in [0.1, 0.15) is 0 Å². The van der Waals surface area contributed by atoms with E-state index in [9.17, 15) is 13.2 Å². The highest BCUT2D eigenvalue weighted by Gasteiger charge is 2.63. The number of fused-ring (bicyclic) bond motifs is 5. The van der Waals surface area contributed by atoms with Gasteiger partial charge in [-0.1, -0.05) is 48.0 Å². The number of carbonyl (C=O) groups is 1. The van der Waals surface area contributed by atoms with Gasteiger partial charge in [0.25, 0.3) is 10.0 Å². The van der Waals surface area contributed by atoms with Crippen LogP contribution in [0.3, 0.4) is 0 Å². The Bertz CT molecular complexity index is 984. The molecule has 2 aliphatic carbocycles. The highest BCUT2D eigenvalue weighted by Crippen LogP contribution is 2.62. The van der Waals surface area contributed by atoms with E-state index in [4.69, 9.17) is 0 Å². The second-order valence-electron chi connectivity index (χ2n) is 8.24. The molecule has 5 heteroatoms. The Hall–Kier alpha value is -2.14. The number of hydrogen-bond donors (Lipinski definition) is 0. The van der Waals surface area contributed by atoms with Crippen LogP contribution in [0.4, 0.5) is 0 Å². The molecule has 27 heavy (non-hydrogen) atoms. The first-order valence-electron chi connectivity index (χ1n) is 9.68. The molecule has 5 rings (SSSR count). The predicted octanol–water partition coefficient (Wildman–Crippen LogP) is 3.93. The van der Waals surface area contributed by atoms with Gasteiger partial charge in [-0.15, -0.1) is 0 Å². The molecular weight excluding hydrogens is 358 g/mol. The summed E-state index contributed by atoms with van der Waals surface area (Å²) in [5.74, 6) is 0.569. The molecule has 1 heterocycles. The Kier molecular flexibility index (Phi) is 3.73. The highest BCUT2D eigenvalue weighted by molar-refractivity contribution is 7.89. The average Bonchev–Trinajstić information content (AvgIpc) is 3.35. The summed E-state index contributed by atoms with van der Waals surface area (Å²) in [6.45, 7) is 1.92. The summed E-state index contributed by atoms with van der Waals surface area (Å²) in [7, 11) is -3.88. The van der Waals surface area contributed by atoms with Crippen LogP contribution < -0.4 is 0 Å². The molecule has 3 fully saturated rings. The Labute approximate surface area is 160 Å². The van der Waals surface area contributed by atoms with E-state index in [0.717, 1.165) is 30.4 Å². The average molecular weight is 381 g/mol. The summed E-state index contributed by atoms with van der Waals surface area (Å²) in [6, 6.07) is 16.1. The molecule has 0 aromatic heterocycles. The van der Waals surface area contributed by atoms with Crippen LogP contribution in [-0.2, 0) is 14.8 Å². The van der Waals surface area contributed by atoms with Crippen molar-refractivity contribution in [1.29, 1.82) is 0 Å². The fraction of sp³-hybridized carbons (Fsp3) is 0.409. The quantitative estimate of drug-likeness (QED) is 0.809. The van der Waals surface area contributed by atoms with Crippen LogP contribution in [0.15, 0.2) is 59.5 Å². The van der Waals surface area contributed by atoms with Crippen molar-refractivity contribution in [1.82, 2.24) is 4.31 Å². The van der Waals surface area contributed by atoms with E-state index in [1.165, 1.54) is 4.31 Å². The molecule has 140 valence electrons. The van der Waals surface area contributed by atoms with Gasteiger partial charge < -0.3 is 0 Å². The van der Waals surface area contributed by atoms with Crippen LogP contribution in [0.5, 0.6) is 0 Å². The molecule has 2 aromatic rings. The Morgan fingerprint density at radius 3 is 2.30 bits per heavy atom. The van der Waals surface area contributed by atoms with Crippen LogP contribution in [-0.4, -0.2) is 18.6 Å². The van der Waals surface area contributed by atoms with Gasteiger partial charge in [-0.3, -0.25) is 4.79 Å². The van der Waals surface area contributed by atoms with Gasteiger partial charge >= 0.3 is 0 Å². The van der Waals surface area contributed by atoms with E-state index < -0.39 is 10.0 Å². The number of hydrogen-bond acceptors (Lipinski definition) is 3. The van der Waals surface area contributed by atoms with Crippen LogP contribution in [0.2, 0.25) is 0 Å². The molecule has 0 spiro atoms. The molecule has 0 unspecified atom stereocenters. The molecule has 4 nitrogen and oxygen atoms in total. The van der Waals surface area contributed by atoms with E-state index in [-0.39, 0.29) is 28.7 Å². The lowest BCUT2D eigenvalue weighted by atomic mass is 9.76. The molecule has 2 saturated carbocycles. The standard InChI is InChI=1S/C22H23NO3S/c1-14-7-11-18(12-8-14)27(25,26)23-21(15-5-3-2-4-6-15)19-16-9-10-17(13-16)20(19)22(23)24/h2-8,11-12,16-17,19-21H,9-10,13H2,1H3/t16-,17+,19+,20-,21-/m0/s1. The number of amides is 1. The zero-order chi connectivity index (χ0) is 18.8. The van der Waals surface area contributed by atoms with Crippen LogP contribution in [0, 0.1) is 30.6 Å². The van der Waals surface area contributed by atoms with Crippen LogP contribution >= 0.6 is 0 Å². The van der Waals surface area contributed by atoms with Crippen molar-refractivity contribution in [2.45, 2.75) is 37.1 Å². The number of sulfonamides is 1. The fourth-order valence-corrected chi connectivity index (χ4v) is 7.32. The second-order valence-corrected chi connectivity index (χ2v) is 10.1. The van der Waals surface area contributed by atoms with E-state index >= 15 is 0 Å². The molecule has 2 bridgehead atoms. The Morgan fingerprint density at radius 2 is 1.59 bits per heavy atom. The monoisotopic (exact) mass is 381 g/mol. The van der Waals surface area contributed by atoms with Crippen molar-refractivity contribution < 1.29 is 13.2 Å². The third kappa shape index (κ3) is 2.40. The molecule has 2 aromatic carbocycles. The van der Waals surface area contributed by atoms with Crippen molar-refractivity contribution >= 4 is 15.9 Å². The van der Waals surface area contributed by atoms with Crippen molar-refractivity contribution in [3.05, 3.63) is 65.7 Å². The lowest BCUT2D eigenvalue weighted by molar-refractivity contribution is -0.129. The van der Waals surface area contributed by atoms with Crippen molar-refractivity contribution in [3.63, 3.8) is 0 Å². The summed E-state index contributed by atoms with van der Waals surface area (Å²) in [4.78, 5) is 13.6. The Balaban J connectivity index is 1.65. The maximum absolute atomic E-state index is 13.5. The minimum absolute atomic E-state index is 0.110. The summed E-state index contributed by atoms with van der Waals surface area (Å²) in [5, 5.41) is 0. The maximum atomic E-state index is 13.5. The lowest BCUT2D eigenvalue weighted by Gasteiger charge is -2.30. The smallest absolute Gasteiger partial charge is 0.267 e. The molecule has 1 saturated heterocycles. The molecular formula is C22H23NO3S. The third-order valence-electron chi connectivity index (χ3n) is 6.82. The lowest BCUT2D eigenvalue weighted by Crippen LogP contribution is -2.37. The van der Waals surface area contributed by atoms with Gasteiger partial charge in [0.2, 0.25) is 5.91 Å². The fourth-order valence-electron chi connectivity index (χ4n) is 5.70. The molecule has 5 atom stereocenters. The highest BCUT2D eigenvalue weighted by atomic mass is 32.2. The summed E-state index contributed by atoms with van der Waals surface area (Å²) in [5.41, 5.74) is 1.93. The minimum atomic E-state index is -3.88. The normalized spacial score (nSPS) is 32.1. The van der Waals surface area contributed by atoms with Gasteiger partial charge in [-0.2, -0.15) is 0 Å². The first-order valence-corrected chi connectivity index (χ1v) is 11.1. The number of nitrogens with zero attached hydrogens (tertiary/aromatic N) is 1. The van der Waals surface area contributed by atoms with Crippen molar-refractivity contribution in [2.75, 3.05) is 0 Å². The number of carbonyl (C=O) groups excluding carboxylic acids is 1. The van der Waals surface area contributed by atoms with E-state index in [2.05, 4.69) is 0 Å². The number of aryl methyl sites for hydroxylation is 1. The van der Waals surface area contributed by atoms with Gasteiger partial charge in [0.15, 0.2) is 0 Å². The van der Waals surface area contributed by atoms with Gasteiger partial charge in [0, 0.05) is 5.92 Å². The van der Waals surface area contributed by atoms with Gasteiger partial charge in [-0.25, -0.2) is 12.7 Å². The van der Waals surface area contributed by atoms with E-state index in [0.29, 0.717) is 11.8 Å². The van der Waals surface area contributed by atoms with E-state index in [1.807, 2.05) is 37.3 Å².